The Morgan fingerprint density at radius 2 is 2.07 bits per heavy atom. The summed E-state index contributed by atoms with van der Waals surface area (Å²) in [6.07, 6.45) is 14.3. The Labute approximate surface area is 172 Å². The number of nitrogens with one attached hydrogen (secondary N) is 2. The molecule has 2 saturated carbocycles. The van der Waals surface area contributed by atoms with Crippen LogP contribution in [0.1, 0.15) is 41.7 Å². The van der Waals surface area contributed by atoms with Gasteiger partial charge in [0.2, 0.25) is 0 Å². The molecule has 2 aromatic heterocycles. The van der Waals surface area contributed by atoms with Crippen LogP contribution >= 0.6 is 0 Å². The average Bonchev–Trinajstić information content (AvgIpc) is 3.43. The summed E-state index contributed by atoms with van der Waals surface area (Å²) in [5.41, 5.74) is 2.30. The SMILES string of the molecule is O=C(NCCCc1ccccn1)c1ccc(NC[C@H]2C[C@H]3C=C[C@H]2C32CC2)nc1. The predicted octanol–water partition coefficient (Wildman–Crippen LogP) is 3.85. The third-order valence-electron chi connectivity index (χ3n) is 7.04. The van der Waals surface area contributed by atoms with E-state index in [4.69, 9.17) is 0 Å². The van der Waals surface area contributed by atoms with Gasteiger partial charge in [-0.2, -0.15) is 0 Å². The lowest BCUT2D eigenvalue weighted by atomic mass is 9.89. The minimum absolute atomic E-state index is 0.0704. The van der Waals surface area contributed by atoms with E-state index in [1.807, 2.05) is 30.3 Å². The van der Waals surface area contributed by atoms with Crippen LogP contribution in [0.15, 0.2) is 54.9 Å². The molecule has 150 valence electrons. The van der Waals surface area contributed by atoms with Gasteiger partial charge >= 0.3 is 0 Å². The van der Waals surface area contributed by atoms with Crippen molar-refractivity contribution in [3.8, 4) is 0 Å². The summed E-state index contributed by atoms with van der Waals surface area (Å²) in [5.74, 6) is 3.08. The van der Waals surface area contributed by atoms with Crippen molar-refractivity contribution in [2.75, 3.05) is 18.4 Å². The van der Waals surface area contributed by atoms with Crippen LogP contribution in [0.3, 0.4) is 0 Å². The number of allylic oxidation sites excluding steroid dienone is 2. The molecule has 3 aliphatic rings. The highest BCUT2D eigenvalue weighted by Gasteiger charge is 2.62. The van der Waals surface area contributed by atoms with Gasteiger partial charge in [-0.1, -0.05) is 18.2 Å². The van der Waals surface area contributed by atoms with Gasteiger partial charge in [0.15, 0.2) is 0 Å². The summed E-state index contributed by atoms with van der Waals surface area (Å²) in [7, 11) is 0. The third-order valence-corrected chi connectivity index (χ3v) is 7.04. The van der Waals surface area contributed by atoms with Crippen molar-refractivity contribution in [2.45, 2.75) is 32.1 Å². The van der Waals surface area contributed by atoms with E-state index in [2.05, 4.69) is 32.8 Å². The number of aromatic nitrogens is 2. The lowest BCUT2D eigenvalue weighted by Crippen LogP contribution is -2.25. The molecular formula is C24H28N4O. The van der Waals surface area contributed by atoms with Gasteiger partial charge in [0.25, 0.3) is 5.91 Å². The van der Waals surface area contributed by atoms with Gasteiger partial charge in [0.05, 0.1) is 5.56 Å². The van der Waals surface area contributed by atoms with Crippen LogP contribution in [0.4, 0.5) is 5.82 Å². The van der Waals surface area contributed by atoms with E-state index < -0.39 is 0 Å². The molecule has 0 unspecified atom stereocenters. The Hall–Kier alpha value is -2.69. The van der Waals surface area contributed by atoms with Gasteiger partial charge < -0.3 is 10.6 Å². The summed E-state index contributed by atoms with van der Waals surface area (Å²) in [6.45, 7) is 1.61. The number of nitrogens with zero attached hydrogens (tertiary/aromatic N) is 2. The highest BCUT2D eigenvalue weighted by molar-refractivity contribution is 5.94. The van der Waals surface area contributed by atoms with Gasteiger partial charge in [-0.3, -0.25) is 9.78 Å². The van der Waals surface area contributed by atoms with Gasteiger partial charge in [0.1, 0.15) is 5.82 Å². The van der Waals surface area contributed by atoms with Gasteiger partial charge in [-0.25, -0.2) is 4.98 Å². The zero-order chi connectivity index (χ0) is 19.7. The molecule has 3 atom stereocenters. The minimum Gasteiger partial charge on any atom is -0.370 e. The van der Waals surface area contributed by atoms with Crippen LogP contribution in [0.5, 0.6) is 0 Å². The second-order valence-electron chi connectivity index (χ2n) is 8.74. The number of hydrogen-bond donors (Lipinski definition) is 2. The van der Waals surface area contributed by atoms with E-state index in [1.54, 1.807) is 12.4 Å². The zero-order valence-electron chi connectivity index (χ0n) is 16.7. The maximum Gasteiger partial charge on any atom is 0.252 e. The lowest BCUT2D eigenvalue weighted by Gasteiger charge is -2.20. The van der Waals surface area contributed by atoms with Crippen LogP contribution in [0, 0.1) is 23.2 Å². The van der Waals surface area contributed by atoms with Crippen LogP contribution in [0.25, 0.3) is 0 Å². The van der Waals surface area contributed by atoms with Crippen molar-refractivity contribution in [1.29, 1.82) is 0 Å². The Morgan fingerprint density at radius 3 is 2.79 bits per heavy atom. The Balaban J connectivity index is 1.06. The van der Waals surface area contributed by atoms with E-state index >= 15 is 0 Å². The normalized spacial score (nSPS) is 25.3. The molecule has 5 nitrogen and oxygen atoms in total. The summed E-state index contributed by atoms with van der Waals surface area (Å²) in [4.78, 5) is 21.1. The third kappa shape index (κ3) is 3.66. The number of hydrogen-bond acceptors (Lipinski definition) is 4. The van der Waals surface area contributed by atoms with Crippen molar-refractivity contribution >= 4 is 11.7 Å². The van der Waals surface area contributed by atoms with Gasteiger partial charge in [0, 0.05) is 31.2 Å². The predicted molar refractivity (Wildman–Crippen MR) is 114 cm³/mol. The van der Waals surface area contributed by atoms with Crippen LogP contribution in [-0.4, -0.2) is 29.0 Å². The largest absolute Gasteiger partial charge is 0.370 e. The number of rotatable bonds is 8. The number of carbonyl (C=O) groups is 1. The topological polar surface area (TPSA) is 66.9 Å². The maximum absolute atomic E-state index is 12.3. The maximum atomic E-state index is 12.3. The fraction of sp³-hybridized carbons (Fsp3) is 0.458. The van der Waals surface area contributed by atoms with E-state index in [0.717, 1.165) is 48.7 Å². The molecular weight excluding hydrogens is 360 g/mol. The molecule has 2 fully saturated rings. The van der Waals surface area contributed by atoms with Crippen molar-refractivity contribution in [3.63, 3.8) is 0 Å². The standard InChI is InChI=1S/C24H28N4O/c29-23(26-13-3-5-20-4-1-2-12-25-20)17-6-9-22(27-15-17)28-16-18-14-19-7-8-21(18)24(19)10-11-24/h1-2,4,6-9,12,15,18-19,21H,3,5,10-11,13-14,16H2,(H,26,29)(H,27,28)/t18-,19-,21-/m1/s1. The molecule has 1 spiro atoms. The van der Waals surface area contributed by atoms with Crippen LogP contribution in [-0.2, 0) is 6.42 Å². The first kappa shape index (κ1) is 18.3. The molecule has 5 heteroatoms. The Kier molecular flexibility index (Phi) is 4.82. The molecule has 3 aliphatic carbocycles. The number of anilines is 1. The first-order valence-corrected chi connectivity index (χ1v) is 10.8. The summed E-state index contributed by atoms with van der Waals surface area (Å²) in [6, 6.07) is 9.68. The summed E-state index contributed by atoms with van der Waals surface area (Å²) in [5, 5.41) is 6.45. The van der Waals surface area contributed by atoms with Crippen molar-refractivity contribution in [2.24, 2.45) is 23.2 Å². The van der Waals surface area contributed by atoms with Gasteiger partial charge in [-0.15, -0.1) is 0 Å². The first-order chi connectivity index (χ1) is 14.2. The fourth-order valence-electron chi connectivity index (χ4n) is 5.34. The smallest absolute Gasteiger partial charge is 0.252 e. The highest BCUT2D eigenvalue weighted by Crippen LogP contribution is 2.70. The van der Waals surface area contributed by atoms with Crippen molar-refractivity contribution < 1.29 is 4.79 Å². The minimum atomic E-state index is -0.0704. The monoisotopic (exact) mass is 388 g/mol. The van der Waals surface area contributed by atoms with Gasteiger partial charge in [-0.05, 0) is 79.5 Å². The average molecular weight is 389 g/mol. The molecule has 2 heterocycles. The Morgan fingerprint density at radius 1 is 1.14 bits per heavy atom. The molecule has 0 radical (unpaired) electrons. The highest BCUT2D eigenvalue weighted by atomic mass is 16.1. The molecule has 5 rings (SSSR count). The number of amides is 1. The second kappa shape index (κ2) is 7.62. The molecule has 2 aromatic rings. The Bertz CT molecular complexity index is 889. The van der Waals surface area contributed by atoms with Crippen molar-refractivity contribution in [3.05, 3.63) is 66.1 Å². The van der Waals surface area contributed by atoms with E-state index in [0.29, 0.717) is 17.5 Å². The molecule has 29 heavy (non-hydrogen) atoms. The zero-order valence-corrected chi connectivity index (χ0v) is 16.7. The number of aryl methyl sites for hydroxylation is 1. The van der Waals surface area contributed by atoms with E-state index in [1.165, 1.54) is 19.3 Å². The summed E-state index contributed by atoms with van der Waals surface area (Å²) >= 11 is 0. The molecule has 0 aliphatic heterocycles. The number of carbonyl (C=O) groups excluding carboxylic acids is 1. The second-order valence-corrected chi connectivity index (χ2v) is 8.74. The van der Waals surface area contributed by atoms with Crippen LogP contribution in [0.2, 0.25) is 0 Å². The first-order valence-electron chi connectivity index (χ1n) is 10.8. The van der Waals surface area contributed by atoms with E-state index in [-0.39, 0.29) is 5.91 Å². The molecule has 2 N–H and O–H groups in total. The van der Waals surface area contributed by atoms with E-state index in [9.17, 15) is 4.79 Å². The molecule has 2 bridgehead atoms. The summed E-state index contributed by atoms with van der Waals surface area (Å²) < 4.78 is 0. The molecule has 0 saturated heterocycles. The molecule has 0 aromatic carbocycles. The van der Waals surface area contributed by atoms with Crippen molar-refractivity contribution in [1.82, 2.24) is 15.3 Å². The number of pyridine rings is 2. The lowest BCUT2D eigenvalue weighted by molar-refractivity contribution is 0.0953. The molecule has 1 amide bonds. The quantitative estimate of drug-likeness (QED) is 0.532. The van der Waals surface area contributed by atoms with Crippen LogP contribution < -0.4 is 10.6 Å². The fourth-order valence-corrected chi connectivity index (χ4v) is 5.34.